The Hall–Kier alpha value is -2.30. The van der Waals surface area contributed by atoms with Crippen molar-refractivity contribution in [3.05, 3.63) is 65.7 Å². The predicted octanol–water partition coefficient (Wildman–Crippen LogP) is 4.45. The number of hydrogen-bond acceptors (Lipinski definition) is 1. The number of amides is 1. The quantitative estimate of drug-likeness (QED) is 0.892. The van der Waals surface area contributed by atoms with Crippen LogP contribution < -0.4 is 5.32 Å². The first-order valence-corrected chi connectivity index (χ1v) is 6.99. The van der Waals surface area contributed by atoms with Crippen LogP contribution in [0.4, 0.5) is 18.9 Å². The van der Waals surface area contributed by atoms with Crippen LogP contribution in [-0.4, -0.2) is 5.91 Å². The van der Waals surface area contributed by atoms with Gasteiger partial charge < -0.3 is 5.32 Å². The number of nitrogens with one attached hydrogen (secondary N) is 1. The monoisotopic (exact) mass is 305 g/mol. The van der Waals surface area contributed by atoms with E-state index in [-0.39, 0.29) is 23.4 Å². The third-order valence-corrected chi connectivity index (χ3v) is 3.85. The second-order valence-corrected chi connectivity index (χ2v) is 5.39. The highest BCUT2D eigenvalue weighted by Gasteiger charge is 2.44. The van der Waals surface area contributed by atoms with Crippen LogP contribution in [0.3, 0.4) is 0 Å². The molecule has 0 bridgehead atoms. The summed E-state index contributed by atoms with van der Waals surface area (Å²) in [7, 11) is 0. The number of anilines is 1. The number of carbonyl (C=O) groups is 1. The molecule has 1 aliphatic rings. The molecular formula is C17H14F3NO. The molecule has 0 aliphatic heterocycles. The number of para-hydroxylation sites is 1. The van der Waals surface area contributed by atoms with Crippen molar-refractivity contribution in [2.45, 2.75) is 18.5 Å². The van der Waals surface area contributed by atoms with Gasteiger partial charge in [0.2, 0.25) is 5.91 Å². The summed E-state index contributed by atoms with van der Waals surface area (Å²) < 4.78 is 38.7. The van der Waals surface area contributed by atoms with E-state index >= 15 is 0 Å². The topological polar surface area (TPSA) is 29.1 Å². The average Bonchev–Trinajstić information content (AvgIpc) is 3.28. The molecule has 2 aromatic carbocycles. The van der Waals surface area contributed by atoms with Crippen molar-refractivity contribution in [1.82, 2.24) is 0 Å². The van der Waals surface area contributed by atoms with Gasteiger partial charge in [-0.25, -0.2) is 0 Å². The summed E-state index contributed by atoms with van der Waals surface area (Å²) in [6.07, 6.45) is -3.81. The molecule has 2 nitrogen and oxygen atoms in total. The highest BCUT2D eigenvalue weighted by atomic mass is 19.4. The van der Waals surface area contributed by atoms with Crippen LogP contribution >= 0.6 is 0 Å². The molecule has 114 valence electrons. The van der Waals surface area contributed by atoms with Gasteiger partial charge >= 0.3 is 6.18 Å². The van der Waals surface area contributed by atoms with Crippen molar-refractivity contribution in [3.8, 4) is 0 Å². The number of alkyl halides is 3. The first-order chi connectivity index (χ1) is 10.5. The molecular weight excluding hydrogens is 291 g/mol. The molecule has 0 aromatic heterocycles. The van der Waals surface area contributed by atoms with E-state index in [2.05, 4.69) is 5.32 Å². The van der Waals surface area contributed by atoms with E-state index in [9.17, 15) is 18.0 Å². The minimum atomic E-state index is -4.48. The zero-order chi connectivity index (χ0) is 15.7. The van der Waals surface area contributed by atoms with Gasteiger partial charge in [0.15, 0.2) is 0 Å². The van der Waals surface area contributed by atoms with Gasteiger partial charge in [-0.1, -0.05) is 42.5 Å². The van der Waals surface area contributed by atoms with Crippen LogP contribution in [0.5, 0.6) is 0 Å². The Balaban J connectivity index is 1.72. The molecule has 22 heavy (non-hydrogen) atoms. The van der Waals surface area contributed by atoms with Crippen molar-refractivity contribution in [1.29, 1.82) is 0 Å². The number of hydrogen-bond donors (Lipinski definition) is 1. The fourth-order valence-corrected chi connectivity index (χ4v) is 2.62. The Labute approximate surface area is 126 Å². The summed E-state index contributed by atoms with van der Waals surface area (Å²) in [6, 6.07) is 14.6. The Morgan fingerprint density at radius 2 is 1.64 bits per heavy atom. The van der Waals surface area contributed by atoms with Gasteiger partial charge in [0, 0.05) is 5.92 Å². The van der Waals surface area contributed by atoms with Crippen LogP contribution in [-0.2, 0) is 11.0 Å². The van der Waals surface area contributed by atoms with E-state index in [1.807, 2.05) is 30.3 Å². The summed E-state index contributed by atoms with van der Waals surface area (Å²) in [4.78, 5) is 12.2. The second kappa shape index (κ2) is 5.48. The molecule has 2 unspecified atom stereocenters. The molecule has 1 fully saturated rings. The van der Waals surface area contributed by atoms with Crippen molar-refractivity contribution >= 4 is 11.6 Å². The number of carbonyl (C=O) groups excluding carboxylic acids is 1. The Morgan fingerprint density at radius 1 is 1.00 bits per heavy atom. The van der Waals surface area contributed by atoms with Gasteiger partial charge in [0.25, 0.3) is 0 Å². The maximum atomic E-state index is 12.9. The van der Waals surface area contributed by atoms with Crippen LogP contribution in [0, 0.1) is 5.92 Å². The first kappa shape index (κ1) is 14.6. The zero-order valence-corrected chi connectivity index (χ0v) is 11.6. The lowest BCUT2D eigenvalue weighted by Gasteiger charge is -2.13. The van der Waals surface area contributed by atoms with E-state index in [0.29, 0.717) is 6.42 Å². The highest BCUT2D eigenvalue weighted by Crippen LogP contribution is 2.48. The van der Waals surface area contributed by atoms with E-state index in [1.165, 1.54) is 18.2 Å². The molecule has 0 saturated heterocycles. The highest BCUT2D eigenvalue weighted by molar-refractivity contribution is 5.96. The lowest BCUT2D eigenvalue weighted by molar-refractivity contribution is -0.137. The molecule has 3 rings (SSSR count). The van der Waals surface area contributed by atoms with Gasteiger partial charge in [-0.2, -0.15) is 13.2 Å². The van der Waals surface area contributed by atoms with Crippen molar-refractivity contribution in [3.63, 3.8) is 0 Å². The molecule has 1 N–H and O–H groups in total. The van der Waals surface area contributed by atoms with Crippen molar-refractivity contribution in [2.24, 2.45) is 5.92 Å². The SMILES string of the molecule is O=C(Nc1ccccc1C(F)(F)F)C1CC1c1ccccc1. The van der Waals surface area contributed by atoms with Crippen molar-refractivity contribution < 1.29 is 18.0 Å². The predicted molar refractivity (Wildman–Crippen MR) is 77.4 cm³/mol. The standard InChI is InChI=1S/C17H14F3NO/c18-17(19,20)14-8-4-5-9-15(14)21-16(22)13-10-12(13)11-6-2-1-3-7-11/h1-9,12-13H,10H2,(H,21,22). The largest absolute Gasteiger partial charge is 0.418 e. The lowest BCUT2D eigenvalue weighted by Crippen LogP contribution is -2.18. The summed E-state index contributed by atoms with van der Waals surface area (Å²) in [6.45, 7) is 0. The smallest absolute Gasteiger partial charge is 0.325 e. The van der Waals surface area contributed by atoms with Crippen LogP contribution in [0.25, 0.3) is 0 Å². The maximum absolute atomic E-state index is 12.9. The van der Waals surface area contributed by atoms with Crippen LogP contribution in [0.15, 0.2) is 54.6 Å². The van der Waals surface area contributed by atoms with Crippen LogP contribution in [0.1, 0.15) is 23.5 Å². The minimum Gasteiger partial charge on any atom is -0.325 e. The summed E-state index contributed by atoms with van der Waals surface area (Å²) in [5, 5.41) is 2.42. The first-order valence-electron chi connectivity index (χ1n) is 6.99. The molecule has 0 radical (unpaired) electrons. The molecule has 2 aromatic rings. The Bertz CT molecular complexity index is 682. The van der Waals surface area contributed by atoms with E-state index in [1.54, 1.807) is 0 Å². The van der Waals surface area contributed by atoms with Gasteiger partial charge in [-0.05, 0) is 30.0 Å². The van der Waals surface area contributed by atoms with Gasteiger partial charge in [0.05, 0.1) is 11.3 Å². The Morgan fingerprint density at radius 3 is 2.32 bits per heavy atom. The van der Waals surface area contributed by atoms with Gasteiger partial charge in [0.1, 0.15) is 0 Å². The van der Waals surface area contributed by atoms with E-state index < -0.39 is 11.7 Å². The average molecular weight is 305 g/mol. The van der Waals surface area contributed by atoms with Gasteiger partial charge in [-0.3, -0.25) is 4.79 Å². The molecule has 1 amide bonds. The molecule has 0 spiro atoms. The Kier molecular flexibility index (Phi) is 3.64. The third-order valence-electron chi connectivity index (χ3n) is 3.85. The van der Waals surface area contributed by atoms with E-state index in [4.69, 9.17) is 0 Å². The summed E-state index contributed by atoms with van der Waals surface area (Å²) in [5.41, 5.74) is 0.0470. The number of halogens is 3. The fraction of sp³-hybridized carbons (Fsp3) is 0.235. The van der Waals surface area contributed by atoms with E-state index in [0.717, 1.165) is 11.6 Å². The van der Waals surface area contributed by atoms with Crippen LogP contribution in [0.2, 0.25) is 0 Å². The molecule has 1 aliphatic carbocycles. The summed E-state index contributed by atoms with van der Waals surface area (Å²) >= 11 is 0. The fourth-order valence-electron chi connectivity index (χ4n) is 2.62. The molecule has 1 saturated carbocycles. The van der Waals surface area contributed by atoms with Crippen molar-refractivity contribution in [2.75, 3.05) is 5.32 Å². The molecule has 5 heteroatoms. The number of benzene rings is 2. The maximum Gasteiger partial charge on any atom is 0.418 e. The number of rotatable bonds is 3. The molecule has 2 atom stereocenters. The minimum absolute atomic E-state index is 0.0965. The third kappa shape index (κ3) is 2.98. The second-order valence-electron chi connectivity index (χ2n) is 5.39. The zero-order valence-electron chi connectivity index (χ0n) is 11.6. The van der Waals surface area contributed by atoms with Gasteiger partial charge in [-0.15, -0.1) is 0 Å². The lowest BCUT2D eigenvalue weighted by atomic mass is 10.1. The normalized spacial score (nSPS) is 20.5. The summed E-state index contributed by atoms with van der Waals surface area (Å²) in [5.74, 6) is -0.520. The molecule has 0 heterocycles.